The second kappa shape index (κ2) is 11.7. The number of nitrogens with zero attached hydrogens (tertiary/aromatic N) is 3. The fraction of sp³-hybridized carbons (Fsp3) is 0.667. The minimum atomic E-state index is 0. The molecular weight excluding hydrogens is 467 g/mol. The van der Waals surface area contributed by atoms with E-state index >= 15 is 0 Å². The largest absolute Gasteiger partial charge is 0.493 e. The predicted octanol–water partition coefficient (Wildman–Crippen LogP) is 3.13. The zero-order valence-electron chi connectivity index (χ0n) is 17.5. The van der Waals surface area contributed by atoms with Crippen molar-refractivity contribution in [3.05, 3.63) is 23.3 Å². The summed E-state index contributed by atoms with van der Waals surface area (Å²) in [6.07, 6.45) is 6.43. The zero-order valence-corrected chi connectivity index (χ0v) is 19.8. The smallest absolute Gasteiger partial charge is 0.194 e. The second-order valence-electron chi connectivity index (χ2n) is 7.38. The topological polar surface area (TPSA) is 49.3 Å². The van der Waals surface area contributed by atoms with Crippen LogP contribution in [-0.4, -0.2) is 69.8 Å². The maximum absolute atomic E-state index is 5.47. The van der Waals surface area contributed by atoms with Crippen molar-refractivity contribution in [2.45, 2.75) is 38.6 Å². The van der Waals surface area contributed by atoms with E-state index in [1.54, 1.807) is 14.2 Å². The number of fused-ring (bicyclic) bond motifs is 1. The minimum absolute atomic E-state index is 0. The molecule has 2 aliphatic heterocycles. The van der Waals surface area contributed by atoms with Gasteiger partial charge in [0.05, 0.1) is 14.2 Å². The first kappa shape index (κ1) is 23.1. The van der Waals surface area contributed by atoms with Crippen LogP contribution in [0.1, 0.15) is 36.8 Å². The van der Waals surface area contributed by atoms with Gasteiger partial charge in [-0.1, -0.05) is 12.8 Å². The molecular formula is C21H35IN4O2. The Bertz CT molecular complexity index is 646. The van der Waals surface area contributed by atoms with Crippen LogP contribution in [0.25, 0.3) is 0 Å². The summed E-state index contributed by atoms with van der Waals surface area (Å²) in [4.78, 5) is 9.43. The highest BCUT2D eigenvalue weighted by molar-refractivity contribution is 14.0. The molecule has 1 aromatic rings. The van der Waals surface area contributed by atoms with Gasteiger partial charge in [-0.2, -0.15) is 0 Å². The van der Waals surface area contributed by atoms with Crippen molar-refractivity contribution in [1.82, 2.24) is 15.1 Å². The van der Waals surface area contributed by atoms with Gasteiger partial charge in [-0.05, 0) is 55.6 Å². The molecule has 0 spiro atoms. The SMILES string of the molecule is CN=C(NCCN1CCCCCC1)N1CCc2cc(OC)c(OC)cc2C1.I. The Kier molecular flexibility index (Phi) is 9.64. The van der Waals surface area contributed by atoms with Crippen LogP contribution in [0.2, 0.25) is 0 Å². The minimum Gasteiger partial charge on any atom is -0.493 e. The van der Waals surface area contributed by atoms with Gasteiger partial charge in [-0.15, -0.1) is 24.0 Å². The molecule has 1 aromatic carbocycles. The van der Waals surface area contributed by atoms with Crippen LogP contribution in [0.5, 0.6) is 11.5 Å². The highest BCUT2D eigenvalue weighted by Crippen LogP contribution is 2.33. The molecule has 0 bridgehead atoms. The first-order valence-electron chi connectivity index (χ1n) is 10.2. The molecule has 0 atom stereocenters. The van der Waals surface area contributed by atoms with Gasteiger partial charge in [0.2, 0.25) is 0 Å². The van der Waals surface area contributed by atoms with Gasteiger partial charge in [-0.3, -0.25) is 4.99 Å². The fourth-order valence-corrected chi connectivity index (χ4v) is 4.08. The third-order valence-corrected chi connectivity index (χ3v) is 5.64. The van der Waals surface area contributed by atoms with E-state index in [2.05, 4.69) is 32.2 Å². The van der Waals surface area contributed by atoms with E-state index in [1.165, 1.54) is 49.9 Å². The first-order valence-corrected chi connectivity index (χ1v) is 10.2. The molecule has 1 saturated heterocycles. The number of nitrogens with one attached hydrogen (secondary N) is 1. The van der Waals surface area contributed by atoms with Crippen LogP contribution >= 0.6 is 24.0 Å². The van der Waals surface area contributed by atoms with Gasteiger partial charge in [-0.25, -0.2) is 0 Å². The number of guanidine groups is 1. The summed E-state index contributed by atoms with van der Waals surface area (Å²) in [5.74, 6) is 2.59. The molecule has 0 amide bonds. The van der Waals surface area contributed by atoms with Crippen LogP contribution in [0.15, 0.2) is 17.1 Å². The van der Waals surface area contributed by atoms with Crippen LogP contribution in [0, 0.1) is 0 Å². The molecule has 0 saturated carbocycles. The van der Waals surface area contributed by atoms with Crippen molar-refractivity contribution in [2.75, 3.05) is 54.0 Å². The molecule has 158 valence electrons. The average molecular weight is 502 g/mol. The zero-order chi connectivity index (χ0) is 19.1. The number of halogens is 1. The van der Waals surface area contributed by atoms with Gasteiger partial charge in [0.15, 0.2) is 17.5 Å². The monoisotopic (exact) mass is 502 g/mol. The number of ether oxygens (including phenoxy) is 2. The highest BCUT2D eigenvalue weighted by Gasteiger charge is 2.21. The van der Waals surface area contributed by atoms with E-state index in [0.717, 1.165) is 50.1 Å². The molecule has 6 nitrogen and oxygen atoms in total. The van der Waals surface area contributed by atoms with Crippen molar-refractivity contribution in [3.63, 3.8) is 0 Å². The summed E-state index contributed by atoms with van der Waals surface area (Å²) in [5, 5.41) is 3.57. The van der Waals surface area contributed by atoms with E-state index in [4.69, 9.17) is 9.47 Å². The molecule has 1 fully saturated rings. The summed E-state index contributed by atoms with van der Waals surface area (Å²) >= 11 is 0. The number of likely N-dealkylation sites (tertiary alicyclic amines) is 1. The van der Waals surface area contributed by atoms with Crippen molar-refractivity contribution < 1.29 is 9.47 Å². The van der Waals surface area contributed by atoms with Crippen LogP contribution in [0.3, 0.4) is 0 Å². The summed E-state index contributed by atoms with van der Waals surface area (Å²) in [7, 11) is 5.25. The Morgan fingerprint density at radius 3 is 2.25 bits per heavy atom. The molecule has 2 aliphatic rings. The molecule has 0 radical (unpaired) electrons. The normalized spacial score (nSPS) is 18.0. The van der Waals surface area contributed by atoms with Gasteiger partial charge in [0, 0.05) is 33.2 Å². The lowest BCUT2D eigenvalue weighted by molar-refractivity contribution is 0.286. The third-order valence-electron chi connectivity index (χ3n) is 5.64. The summed E-state index contributed by atoms with van der Waals surface area (Å²) in [5.41, 5.74) is 2.62. The van der Waals surface area contributed by atoms with Gasteiger partial charge >= 0.3 is 0 Å². The maximum Gasteiger partial charge on any atom is 0.194 e. The van der Waals surface area contributed by atoms with Crippen LogP contribution in [0.4, 0.5) is 0 Å². The second-order valence-corrected chi connectivity index (χ2v) is 7.38. The molecule has 0 aliphatic carbocycles. The van der Waals surface area contributed by atoms with Crippen molar-refractivity contribution in [1.29, 1.82) is 0 Å². The molecule has 28 heavy (non-hydrogen) atoms. The number of rotatable bonds is 5. The van der Waals surface area contributed by atoms with E-state index < -0.39 is 0 Å². The molecule has 7 heteroatoms. The van der Waals surface area contributed by atoms with E-state index in [-0.39, 0.29) is 24.0 Å². The number of benzene rings is 1. The Balaban J connectivity index is 0.00000280. The maximum atomic E-state index is 5.47. The van der Waals surface area contributed by atoms with Gasteiger partial charge in [0.1, 0.15) is 0 Å². The molecule has 0 aromatic heterocycles. The van der Waals surface area contributed by atoms with Gasteiger partial charge < -0.3 is 24.6 Å². The number of hydrogen-bond donors (Lipinski definition) is 1. The Morgan fingerprint density at radius 2 is 1.64 bits per heavy atom. The number of hydrogen-bond acceptors (Lipinski definition) is 4. The number of methoxy groups -OCH3 is 2. The summed E-state index contributed by atoms with van der Waals surface area (Å²) < 4.78 is 10.9. The van der Waals surface area contributed by atoms with Crippen LogP contribution in [-0.2, 0) is 13.0 Å². The Labute approximate surface area is 186 Å². The lowest BCUT2D eigenvalue weighted by atomic mass is 9.99. The lowest BCUT2D eigenvalue weighted by Crippen LogP contribution is -2.46. The van der Waals surface area contributed by atoms with Crippen molar-refractivity contribution in [3.8, 4) is 11.5 Å². The average Bonchev–Trinajstić information content (AvgIpc) is 2.98. The quantitative estimate of drug-likeness (QED) is 0.381. The standard InChI is InChI=1S/C21H34N4O2.HI/c1-22-21(23-9-13-24-10-6-4-5-7-11-24)25-12-8-17-14-19(26-2)20(27-3)15-18(17)16-25;/h14-15H,4-13,16H2,1-3H3,(H,22,23);1H. The predicted molar refractivity (Wildman–Crippen MR) is 125 cm³/mol. The Morgan fingerprint density at radius 1 is 1.00 bits per heavy atom. The Hall–Kier alpha value is -1.22. The molecule has 3 rings (SSSR count). The summed E-state index contributed by atoms with van der Waals surface area (Å²) in [6, 6.07) is 4.21. The third kappa shape index (κ3) is 5.89. The van der Waals surface area contributed by atoms with E-state index in [1.807, 2.05) is 7.05 Å². The fourth-order valence-electron chi connectivity index (χ4n) is 4.08. The van der Waals surface area contributed by atoms with Gasteiger partial charge in [0.25, 0.3) is 0 Å². The highest BCUT2D eigenvalue weighted by atomic mass is 127. The van der Waals surface area contributed by atoms with Crippen LogP contribution < -0.4 is 14.8 Å². The van der Waals surface area contributed by atoms with Crippen molar-refractivity contribution >= 4 is 29.9 Å². The molecule has 0 unspecified atom stereocenters. The first-order chi connectivity index (χ1) is 13.2. The van der Waals surface area contributed by atoms with E-state index in [0.29, 0.717) is 0 Å². The number of aliphatic imine (C=N–C) groups is 1. The molecule has 1 N–H and O–H groups in total. The summed E-state index contributed by atoms with van der Waals surface area (Å²) in [6.45, 7) is 6.32. The lowest BCUT2D eigenvalue weighted by Gasteiger charge is -2.32. The van der Waals surface area contributed by atoms with Crippen molar-refractivity contribution in [2.24, 2.45) is 4.99 Å². The molecule has 2 heterocycles. The van der Waals surface area contributed by atoms with E-state index in [9.17, 15) is 0 Å².